The van der Waals surface area contributed by atoms with Gasteiger partial charge in [0.2, 0.25) is 0 Å². The van der Waals surface area contributed by atoms with Crippen molar-refractivity contribution in [2.75, 3.05) is 26.2 Å². The van der Waals surface area contributed by atoms with Crippen molar-refractivity contribution in [3.8, 4) is 0 Å². The Bertz CT molecular complexity index is 288. The van der Waals surface area contributed by atoms with Crippen molar-refractivity contribution in [1.29, 1.82) is 0 Å². The van der Waals surface area contributed by atoms with Gasteiger partial charge in [-0.05, 0) is 50.9 Å². The van der Waals surface area contributed by atoms with Gasteiger partial charge in [-0.25, -0.2) is 0 Å². The van der Waals surface area contributed by atoms with Gasteiger partial charge >= 0.3 is 0 Å². The van der Waals surface area contributed by atoms with Crippen LogP contribution in [0, 0.1) is 11.3 Å². The van der Waals surface area contributed by atoms with E-state index in [0.717, 1.165) is 23.4 Å². The molecule has 0 aromatic carbocycles. The maximum atomic E-state index is 2.79. The smallest absolute Gasteiger partial charge is 0.0113 e. The van der Waals surface area contributed by atoms with Gasteiger partial charge < -0.3 is 0 Å². The molecule has 2 aliphatic carbocycles. The second kappa shape index (κ2) is 5.37. The zero-order chi connectivity index (χ0) is 13.5. The molecule has 3 fully saturated rings. The van der Waals surface area contributed by atoms with Crippen molar-refractivity contribution in [2.45, 2.75) is 71.4 Å². The minimum Gasteiger partial charge on any atom is -0.298 e. The molecule has 1 spiro atoms. The molecule has 2 nitrogen and oxygen atoms in total. The predicted octanol–water partition coefficient (Wildman–Crippen LogP) is 3.37. The van der Waals surface area contributed by atoms with E-state index in [0.29, 0.717) is 0 Å². The van der Waals surface area contributed by atoms with E-state index >= 15 is 0 Å². The zero-order valence-electron chi connectivity index (χ0n) is 13.2. The largest absolute Gasteiger partial charge is 0.298 e. The highest BCUT2D eigenvalue weighted by Crippen LogP contribution is 2.54. The van der Waals surface area contributed by atoms with Gasteiger partial charge in [0, 0.05) is 38.3 Å². The van der Waals surface area contributed by atoms with Gasteiger partial charge in [-0.15, -0.1) is 0 Å². The van der Waals surface area contributed by atoms with E-state index in [9.17, 15) is 0 Å². The lowest BCUT2D eigenvalue weighted by Crippen LogP contribution is -2.58. The molecule has 0 amide bonds. The van der Waals surface area contributed by atoms with Crippen LogP contribution >= 0.6 is 0 Å². The lowest BCUT2D eigenvalue weighted by Gasteiger charge is -2.56. The van der Waals surface area contributed by atoms with Gasteiger partial charge in [0.1, 0.15) is 0 Å². The van der Waals surface area contributed by atoms with Crippen molar-refractivity contribution in [2.24, 2.45) is 11.3 Å². The van der Waals surface area contributed by atoms with Gasteiger partial charge in [0.05, 0.1) is 0 Å². The van der Waals surface area contributed by atoms with E-state index in [-0.39, 0.29) is 0 Å². The summed E-state index contributed by atoms with van der Waals surface area (Å²) in [4.78, 5) is 5.43. The lowest BCUT2D eigenvalue weighted by molar-refractivity contribution is -0.0504. The van der Waals surface area contributed by atoms with E-state index in [4.69, 9.17) is 0 Å². The summed E-state index contributed by atoms with van der Waals surface area (Å²) in [5.41, 5.74) is 0.784. The molecule has 3 aliphatic rings. The van der Waals surface area contributed by atoms with Crippen LogP contribution < -0.4 is 0 Å². The number of piperazine rings is 1. The highest BCUT2D eigenvalue weighted by atomic mass is 15.3. The fraction of sp³-hybridized carbons (Fsp3) is 1.00. The highest BCUT2D eigenvalue weighted by Gasteiger charge is 2.47. The molecular weight excluding hydrogens is 232 g/mol. The van der Waals surface area contributed by atoms with Crippen LogP contribution in [-0.4, -0.2) is 48.1 Å². The van der Waals surface area contributed by atoms with Crippen LogP contribution in [0.4, 0.5) is 0 Å². The van der Waals surface area contributed by atoms with Gasteiger partial charge in [-0.2, -0.15) is 0 Å². The van der Waals surface area contributed by atoms with E-state index < -0.39 is 0 Å². The first-order chi connectivity index (χ1) is 9.08. The molecule has 0 aromatic heterocycles. The molecule has 1 heterocycles. The molecule has 110 valence electrons. The van der Waals surface area contributed by atoms with Crippen LogP contribution in [-0.2, 0) is 0 Å². The summed E-state index contributed by atoms with van der Waals surface area (Å²) >= 11 is 0. The monoisotopic (exact) mass is 264 g/mol. The topological polar surface area (TPSA) is 6.48 Å². The Balaban J connectivity index is 1.44. The maximum absolute atomic E-state index is 2.79. The minimum absolute atomic E-state index is 0.731. The molecule has 3 rings (SSSR count). The van der Waals surface area contributed by atoms with Crippen LogP contribution in [0.3, 0.4) is 0 Å². The summed E-state index contributed by atoms with van der Waals surface area (Å²) in [6, 6.07) is 1.66. The van der Waals surface area contributed by atoms with Gasteiger partial charge in [-0.3, -0.25) is 9.80 Å². The van der Waals surface area contributed by atoms with Crippen LogP contribution in [0.15, 0.2) is 0 Å². The Morgan fingerprint density at radius 1 is 0.947 bits per heavy atom. The van der Waals surface area contributed by atoms with E-state index in [1.165, 1.54) is 64.7 Å². The Morgan fingerprint density at radius 2 is 1.53 bits per heavy atom. The molecule has 2 heteroatoms. The first-order valence-electron chi connectivity index (χ1n) is 8.56. The second-order valence-electron chi connectivity index (χ2n) is 7.91. The van der Waals surface area contributed by atoms with Crippen molar-refractivity contribution < 1.29 is 0 Å². The van der Waals surface area contributed by atoms with E-state index in [1.807, 2.05) is 0 Å². The summed E-state index contributed by atoms with van der Waals surface area (Å²) in [5.74, 6) is 0.999. The molecule has 1 aliphatic heterocycles. The van der Waals surface area contributed by atoms with Crippen LogP contribution in [0.5, 0.6) is 0 Å². The Labute approximate surface area is 119 Å². The minimum atomic E-state index is 0.731. The lowest BCUT2D eigenvalue weighted by atomic mass is 9.56. The molecule has 0 bridgehead atoms. The van der Waals surface area contributed by atoms with Crippen LogP contribution in [0.2, 0.25) is 0 Å². The quantitative estimate of drug-likeness (QED) is 0.754. The molecule has 0 radical (unpaired) electrons. The van der Waals surface area contributed by atoms with Crippen molar-refractivity contribution in [1.82, 2.24) is 9.80 Å². The van der Waals surface area contributed by atoms with Crippen molar-refractivity contribution in [3.63, 3.8) is 0 Å². The summed E-state index contributed by atoms with van der Waals surface area (Å²) in [6.45, 7) is 12.3. The van der Waals surface area contributed by atoms with Gasteiger partial charge in [-0.1, -0.05) is 19.8 Å². The molecule has 2 saturated carbocycles. The SMILES string of the molecule is CC1CCC2(CC1)CC(N1CCN(C(C)C)CC1)C2. The maximum Gasteiger partial charge on any atom is 0.0113 e. The average Bonchev–Trinajstić information content (AvgIpc) is 2.37. The number of hydrogen-bond donors (Lipinski definition) is 0. The van der Waals surface area contributed by atoms with Gasteiger partial charge in [0.25, 0.3) is 0 Å². The molecule has 19 heavy (non-hydrogen) atoms. The third-order valence-electron chi connectivity index (χ3n) is 6.27. The van der Waals surface area contributed by atoms with Crippen molar-refractivity contribution in [3.05, 3.63) is 0 Å². The molecule has 0 aromatic rings. The van der Waals surface area contributed by atoms with Crippen LogP contribution in [0.1, 0.15) is 59.3 Å². The Morgan fingerprint density at radius 3 is 2.05 bits per heavy atom. The normalized spacial score (nSPS) is 41.7. The molecule has 0 unspecified atom stereocenters. The predicted molar refractivity (Wildman–Crippen MR) is 81.4 cm³/mol. The molecule has 0 atom stereocenters. The first-order valence-corrected chi connectivity index (χ1v) is 8.56. The Kier molecular flexibility index (Phi) is 3.92. The zero-order valence-corrected chi connectivity index (χ0v) is 13.2. The third-order valence-corrected chi connectivity index (χ3v) is 6.27. The fourth-order valence-electron chi connectivity index (χ4n) is 4.60. The summed E-state index contributed by atoms with van der Waals surface area (Å²) in [6.07, 6.45) is 9.07. The van der Waals surface area contributed by atoms with E-state index in [1.54, 1.807) is 0 Å². The summed E-state index contributed by atoms with van der Waals surface area (Å²) in [7, 11) is 0. The summed E-state index contributed by atoms with van der Waals surface area (Å²) in [5, 5.41) is 0. The Hall–Kier alpha value is -0.0800. The molecular formula is C17H32N2. The fourth-order valence-corrected chi connectivity index (χ4v) is 4.60. The number of hydrogen-bond acceptors (Lipinski definition) is 2. The van der Waals surface area contributed by atoms with Crippen molar-refractivity contribution >= 4 is 0 Å². The molecule has 0 N–H and O–H groups in total. The molecule has 1 saturated heterocycles. The number of rotatable bonds is 2. The standard InChI is InChI=1S/C17H32N2/c1-14(2)18-8-10-19(11-9-18)16-12-17(13-16)6-4-15(3)5-7-17/h14-16H,4-13H2,1-3H3. The van der Waals surface area contributed by atoms with Gasteiger partial charge in [0.15, 0.2) is 0 Å². The second-order valence-corrected chi connectivity index (χ2v) is 7.91. The summed E-state index contributed by atoms with van der Waals surface area (Å²) < 4.78 is 0. The van der Waals surface area contributed by atoms with Crippen LogP contribution in [0.25, 0.3) is 0 Å². The first kappa shape index (κ1) is 13.9. The highest BCUT2D eigenvalue weighted by molar-refractivity contribution is 5.01. The average molecular weight is 264 g/mol. The third kappa shape index (κ3) is 2.85. The number of nitrogens with zero attached hydrogens (tertiary/aromatic N) is 2. The van der Waals surface area contributed by atoms with E-state index in [2.05, 4.69) is 30.6 Å².